The minimum atomic E-state index is -0.452. The lowest BCUT2D eigenvalue weighted by molar-refractivity contribution is -0.385. The number of aromatic nitrogens is 2. The van der Waals surface area contributed by atoms with E-state index in [1.165, 1.54) is 11.8 Å². The number of nitro benzene ring substituents is 1. The number of benzene rings is 1. The van der Waals surface area contributed by atoms with Gasteiger partial charge in [0.2, 0.25) is 0 Å². The molecule has 0 bridgehead atoms. The van der Waals surface area contributed by atoms with Crippen molar-refractivity contribution in [2.75, 3.05) is 18.4 Å². The van der Waals surface area contributed by atoms with E-state index in [1.807, 2.05) is 17.8 Å². The molecule has 0 amide bonds. The third kappa shape index (κ3) is 4.15. The monoisotopic (exact) mass is 345 g/mol. The Morgan fingerprint density at radius 2 is 2.32 bits per heavy atom. The van der Waals surface area contributed by atoms with Crippen molar-refractivity contribution >= 4 is 11.4 Å². The van der Waals surface area contributed by atoms with E-state index >= 15 is 0 Å². The van der Waals surface area contributed by atoms with Crippen LogP contribution in [-0.2, 0) is 20.2 Å². The van der Waals surface area contributed by atoms with Gasteiger partial charge in [0.15, 0.2) is 0 Å². The molecule has 8 heteroatoms. The summed E-state index contributed by atoms with van der Waals surface area (Å²) in [6, 6.07) is 5.14. The van der Waals surface area contributed by atoms with Crippen molar-refractivity contribution < 1.29 is 10.0 Å². The maximum atomic E-state index is 11.1. The van der Waals surface area contributed by atoms with Crippen molar-refractivity contribution in [3.8, 4) is 0 Å². The zero-order chi connectivity index (χ0) is 17.8. The van der Waals surface area contributed by atoms with Crippen molar-refractivity contribution in [3.63, 3.8) is 0 Å². The maximum absolute atomic E-state index is 11.1. The Bertz CT molecular complexity index is 746. The molecule has 1 aromatic carbocycles. The van der Waals surface area contributed by atoms with Gasteiger partial charge in [0.25, 0.3) is 5.69 Å². The second-order valence-electron chi connectivity index (χ2n) is 6.47. The first kappa shape index (κ1) is 17.4. The van der Waals surface area contributed by atoms with Gasteiger partial charge in [0.05, 0.1) is 29.1 Å². The summed E-state index contributed by atoms with van der Waals surface area (Å²) >= 11 is 0. The van der Waals surface area contributed by atoms with Crippen LogP contribution >= 0.6 is 0 Å². The number of rotatable bonds is 6. The lowest BCUT2D eigenvalue weighted by Gasteiger charge is -2.33. The zero-order valence-corrected chi connectivity index (χ0v) is 14.3. The molecule has 1 aliphatic rings. The number of hydrogen-bond acceptors (Lipinski definition) is 6. The standard InChI is InChI=1S/C17H23N5O3/c1-20-12-18-8-16(20)10-21-6-2-3-15(9-21)19-14-5-4-13(11-23)17(7-14)22(24)25/h4-5,7-8,12,15,19,23H,2-3,6,9-11H2,1H3. The lowest BCUT2D eigenvalue weighted by atomic mass is 10.0. The van der Waals surface area contributed by atoms with E-state index in [-0.39, 0.29) is 18.3 Å². The predicted molar refractivity (Wildman–Crippen MR) is 94.1 cm³/mol. The Balaban J connectivity index is 1.65. The molecule has 1 fully saturated rings. The zero-order valence-electron chi connectivity index (χ0n) is 14.3. The van der Waals surface area contributed by atoms with E-state index in [9.17, 15) is 15.2 Å². The number of likely N-dealkylation sites (tertiary alicyclic amines) is 1. The molecule has 2 aromatic rings. The molecule has 3 rings (SSSR count). The Morgan fingerprint density at radius 3 is 3.00 bits per heavy atom. The van der Waals surface area contributed by atoms with E-state index in [0.717, 1.165) is 38.2 Å². The number of aliphatic hydroxyl groups excluding tert-OH is 1. The summed E-state index contributed by atoms with van der Waals surface area (Å²) in [5.74, 6) is 0. The summed E-state index contributed by atoms with van der Waals surface area (Å²) in [6.45, 7) is 2.42. The van der Waals surface area contributed by atoms with Crippen molar-refractivity contribution in [2.24, 2.45) is 7.05 Å². The number of imidazole rings is 1. The van der Waals surface area contributed by atoms with E-state index < -0.39 is 4.92 Å². The molecular weight excluding hydrogens is 322 g/mol. The fourth-order valence-corrected chi connectivity index (χ4v) is 3.28. The maximum Gasteiger partial charge on any atom is 0.276 e. The van der Waals surface area contributed by atoms with Crippen LogP contribution in [0, 0.1) is 10.1 Å². The van der Waals surface area contributed by atoms with Crippen LogP contribution in [-0.4, -0.2) is 43.6 Å². The first-order valence-electron chi connectivity index (χ1n) is 8.39. The number of aryl methyl sites for hydroxylation is 1. The molecule has 8 nitrogen and oxygen atoms in total. The highest BCUT2D eigenvalue weighted by Gasteiger charge is 2.22. The molecular formula is C17H23N5O3. The van der Waals surface area contributed by atoms with Crippen molar-refractivity contribution in [1.82, 2.24) is 14.5 Å². The fraction of sp³-hybridized carbons (Fsp3) is 0.471. The number of nitrogens with one attached hydrogen (secondary N) is 1. The van der Waals surface area contributed by atoms with Crippen LogP contribution in [0.1, 0.15) is 24.1 Å². The van der Waals surface area contributed by atoms with Gasteiger partial charge >= 0.3 is 0 Å². The predicted octanol–water partition coefficient (Wildman–Crippen LogP) is 1.90. The number of nitrogens with zero attached hydrogens (tertiary/aromatic N) is 4. The fourth-order valence-electron chi connectivity index (χ4n) is 3.28. The van der Waals surface area contributed by atoms with Gasteiger partial charge in [-0.3, -0.25) is 15.0 Å². The second kappa shape index (κ2) is 7.62. The van der Waals surface area contributed by atoms with Crippen molar-refractivity contribution in [2.45, 2.75) is 32.0 Å². The van der Waals surface area contributed by atoms with Gasteiger partial charge in [-0.05, 0) is 31.5 Å². The van der Waals surface area contributed by atoms with Crippen LogP contribution in [0.5, 0.6) is 0 Å². The topological polar surface area (TPSA) is 96.5 Å². The number of piperidine rings is 1. The molecule has 0 radical (unpaired) electrons. The molecule has 1 aromatic heterocycles. The van der Waals surface area contributed by atoms with Crippen molar-refractivity contribution in [3.05, 3.63) is 52.1 Å². The number of anilines is 1. The second-order valence-corrected chi connectivity index (χ2v) is 6.47. The summed E-state index contributed by atoms with van der Waals surface area (Å²) in [5.41, 5.74) is 2.17. The summed E-state index contributed by atoms with van der Waals surface area (Å²) < 4.78 is 2.02. The van der Waals surface area contributed by atoms with Gasteiger partial charge in [-0.2, -0.15) is 0 Å². The van der Waals surface area contributed by atoms with Crippen LogP contribution in [0.2, 0.25) is 0 Å². The molecule has 1 saturated heterocycles. The highest BCUT2D eigenvalue weighted by atomic mass is 16.6. The molecule has 0 aliphatic carbocycles. The Labute approximate surface area is 146 Å². The minimum Gasteiger partial charge on any atom is -0.391 e. The highest BCUT2D eigenvalue weighted by Crippen LogP contribution is 2.25. The number of hydrogen-bond donors (Lipinski definition) is 2. The Hall–Kier alpha value is -2.45. The number of aliphatic hydroxyl groups is 1. The van der Waals surface area contributed by atoms with Gasteiger partial charge in [-0.25, -0.2) is 4.98 Å². The van der Waals surface area contributed by atoms with Crippen LogP contribution in [0.25, 0.3) is 0 Å². The first-order valence-corrected chi connectivity index (χ1v) is 8.39. The van der Waals surface area contributed by atoms with Gasteiger partial charge in [-0.1, -0.05) is 0 Å². The van der Waals surface area contributed by atoms with Gasteiger partial charge < -0.3 is 15.0 Å². The molecule has 2 heterocycles. The SMILES string of the molecule is Cn1cncc1CN1CCCC(Nc2ccc(CO)c([N+](=O)[O-])c2)C1. The smallest absolute Gasteiger partial charge is 0.276 e. The molecule has 2 N–H and O–H groups in total. The molecule has 0 saturated carbocycles. The summed E-state index contributed by atoms with van der Waals surface area (Å²) in [6.07, 6.45) is 5.79. The van der Waals surface area contributed by atoms with Gasteiger partial charge in [0.1, 0.15) is 0 Å². The molecule has 1 atom stereocenters. The summed E-state index contributed by atoms with van der Waals surface area (Å²) in [7, 11) is 1.99. The lowest BCUT2D eigenvalue weighted by Crippen LogP contribution is -2.41. The molecule has 1 unspecified atom stereocenters. The van der Waals surface area contributed by atoms with E-state index in [1.54, 1.807) is 18.5 Å². The molecule has 0 spiro atoms. The first-order chi connectivity index (χ1) is 12.1. The van der Waals surface area contributed by atoms with Crippen LogP contribution in [0.3, 0.4) is 0 Å². The average Bonchev–Trinajstić information content (AvgIpc) is 3.00. The van der Waals surface area contributed by atoms with E-state index in [2.05, 4.69) is 15.2 Å². The van der Waals surface area contributed by atoms with Crippen LogP contribution < -0.4 is 5.32 Å². The Kier molecular flexibility index (Phi) is 5.30. The minimum absolute atomic E-state index is 0.0462. The highest BCUT2D eigenvalue weighted by molar-refractivity contribution is 5.55. The van der Waals surface area contributed by atoms with E-state index in [4.69, 9.17) is 0 Å². The van der Waals surface area contributed by atoms with Gasteiger partial charge in [-0.15, -0.1) is 0 Å². The summed E-state index contributed by atoms with van der Waals surface area (Å²) in [4.78, 5) is 17.2. The average molecular weight is 345 g/mol. The Morgan fingerprint density at radius 1 is 1.48 bits per heavy atom. The van der Waals surface area contributed by atoms with Crippen LogP contribution in [0.15, 0.2) is 30.7 Å². The molecule has 1 aliphatic heterocycles. The molecule has 134 valence electrons. The van der Waals surface area contributed by atoms with E-state index in [0.29, 0.717) is 5.56 Å². The largest absolute Gasteiger partial charge is 0.391 e. The summed E-state index contributed by atoms with van der Waals surface area (Å²) in [5, 5.41) is 23.8. The third-order valence-electron chi connectivity index (χ3n) is 4.63. The van der Waals surface area contributed by atoms with Gasteiger partial charge in [0, 0.05) is 44.1 Å². The normalized spacial score (nSPS) is 18.2. The quantitative estimate of drug-likeness (QED) is 0.613. The van der Waals surface area contributed by atoms with Crippen LogP contribution in [0.4, 0.5) is 11.4 Å². The molecule has 25 heavy (non-hydrogen) atoms. The third-order valence-corrected chi connectivity index (χ3v) is 4.63. The van der Waals surface area contributed by atoms with Crippen molar-refractivity contribution in [1.29, 1.82) is 0 Å². The number of nitro groups is 1.